The normalized spacial score (nSPS) is 21.0. The van der Waals surface area contributed by atoms with Crippen molar-refractivity contribution in [1.29, 1.82) is 0 Å². The third kappa shape index (κ3) is 3.37. The van der Waals surface area contributed by atoms with Gasteiger partial charge < -0.3 is 15.2 Å². The topological polar surface area (TPSA) is 87.9 Å². The fourth-order valence-electron chi connectivity index (χ4n) is 4.64. The second-order valence-corrected chi connectivity index (χ2v) is 8.02. The molecule has 29 heavy (non-hydrogen) atoms. The second-order valence-electron chi connectivity index (χ2n) is 8.02. The maximum Gasteiger partial charge on any atom is 0.326 e. The molecule has 0 bridgehead atoms. The molecular formula is C21H26N6O2. The summed E-state index contributed by atoms with van der Waals surface area (Å²) in [6, 6.07) is 10.0. The molecule has 8 nitrogen and oxygen atoms in total. The number of benzene rings is 1. The van der Waals surface area contributed by atoms with Gasteiger partial charge in [-0.1, -0.05) is 12.1 Å². The van der Waals surface area contributed by atoms with Crippen LogP contribution in [0.1, 0.15) is 48.3 Å². The number of aromatic amines is 1. The van der Waals surface area contributed by atoms with Gasteiger partial charge in [-0.15, -0.1) is 0 Å². The number of piperidine rings is 2. The summed E-state index contributed by atoms with van der Waals surface area (Å²) in [6.45, 7) is 3.22. The van der Waals surface area contributed by atoms with E-state index in [9.17, 15) is 9.59 Å². The number of fused-ring (bicyclic) bond motifs is 1. The lowest BCUT2D eigenvalue weighted by molar-refractivity contribution is 0.0687. The molecule has 3 aromatic rings. The molecule has 2 N–H and O–H groups in total. The van der Waals surface area contributed by atoms with Crippen LogP contribution in [0.3, 0.4) is 0 Å². The van der Waals surface area contributed by atoms with Crippen LogP contribution in [0.15, 0.2) is 41.3 Å². The van der Waals surface area contributed by atoms with E-state index in [1.165, 1.54) is 0 Å². The molecule has 5 rings (SSSR count). The summed E-state index contributed by atoms with van der Waals surface area (Å²) in [4.78, 5) is 30.2. The number of amides is 1. The van der Waals surface area contributed by atoms with Gasteiger partial charge in [0.1, 0.15) is 5.69 Å². The van der Waals surface area contributed by atoms with Crippen molar-refractivity contribution in [2.75, 3.05) is 26.2 Å². The maximum absolute atomic E-state index is 12.9. The van der Waals surface area contributed by atoms with Crippen molar-refractivity contribution in [3.63, 3.8) is 0 Å². The highest BCUT2D eigenvalue weighted by molar-refractivity contribution is 5.92. The first-order chi connectivity index (χ1) is 14.2. The van der Waals surface area contributed by atoms with Crippen LogP contribution < -0.4 is 11.0 Å². The number of para-hydroxylation sites is 2. The van der Waals surface area contributed by atoms with Crippen LogP contribution >= 0.6 is 0 Å². The Bertz CT molecular complexity index is 1070. The molecule has 2 aromatic heterocycles. The van der Waals surface area contributed by atoms with Crippen LogP contribution in [0, 0.1) is 0 Å². The largest absolute Gasteiger partial charge is 0.337 e. The molecule has 0 aliphatic carbocycles. The van der Waals surface area contributed by atoms with E-state index in [1.807, 2.05) is 50.7 Å². The first-order valence-corrected chi connectivity index (χ1v) is 10.4. The fourth-order valence-corrected chi connectivity index (χ4v) is 4.64. The van der Waals surface area contributed by atoms with E-state index in [1.54, 1.807) is 0 Å². The highest BCUT2D eigenvalue weighted by Gasteiger charge is 2.28. The SMILES string of the molecule is O=C(c1ccn(C2CCCNC2)n1)N1CCC(n2c(=O)[nH]c3ccccc32)CC1. The number of carbonyl (C=O) groups excluding carboxylic acids is 1. The number of hydrogen-bond acceptors (Lipinski definition) is 4. The molecule has 1 atom stereocenters. The Morgan fingerprint density at radius 2 is 1.90 bits per heavy atom. The highest BCUT2D eigenvalue weighted by atomic mass is 16.2. The highest BCUT2D eigenvalue weighted by Crippen LogP contribution is 2.25. The van der Waals surface area contributed by atoms with Gasteiger partial charge in [0.2, 0.25) is 0 Å². The van der Waals surface area contributed by atoms with Crippen molar-refractivity contribution < 1.29 is 4.79 Å². The van der Waals surface area contributed by atoms with Gasteiger partial charge in [0, 0.05) is 31.9 Å². The second kappa shape index (κ2) is 7.51. The average molecular weight is 394 g/mol. The van der Waals surface area contributed by atoms with Gasteiger partial charge in [0.15, 0.2) is 0 Å². The number of nitrogens with one attached hydrogen (secondary N) is 2. The van der Waals surface area contributed by atoms with Crippen LogP contribution in [0.25, 0.3) is 11.0 Å². The molecule has 2 fully saturated rings. The molecule has 2 aliphatic heterocycles. The van der Waals surface area contributed by atoms with Crippen molar-refractivity contribution >= 4 is 16.9 Å². The summed E-state index contributed by atoms with van der Waals surface area (Å²) in [7, 11) is 0. The average Bonchev–Trinajstić information content (AvgIpc) is 3.38. The molecule has 2 saturated heterocycles. The number of imidazole rings is 1. The zero-order chi connectivity index (χ0) is 19.8. The molecule has 0 saturated carbocycles. The number of rotatable bonds is 3. The quantitative estimate of drug-likeness (QED) is 0.711. The van der Waals surface area contributed by atoms with E-state index >= 15 is 0 Å². The van der Waals surface area contributed by atoms with Gasteiger partial charge in [0.25, 0.3) is 5.91 Å². The summed E-state index contributed by atoms with van der Waals surface area (Å²) in [5, 5.41) is 7.94. The first-order valence-electron chi connectivity index (χ1n) is 10.4. The van der Waals surface area contributed by atoms with Gasteiger partial charge >= 0.3 is 5.69 Å². The van der Waals surface area contributed by atoms with Crippen LogP contribution in [0.5, 0.6) is 0 Å². The molecule has 4 heterocycles. The maximum atomic E-state index is 12.9. The van der Waals surface area contributed by atoms with Crippen LogP contribution in [-0.4, -0.2) is 56.3 Å². The molecule has 1 unspecified atom stereocenters. The monoisotopic (exact) mass is 394 g/mol. The van der Waals surface area contributed by atoms with E-state index in [0.717, 1.165) is 49.8 Å². The molecule has 0 spiro atoms. The Kier molecular flexibility index (Phi) is 4.71. The zero-order valence-electron chi connectivity index (χ0n) is 16.4. The number of nitrogens with zero attached hydrogens (tertiary/aromatic N) is 4. The van der Waals surface area contributed by atoms with Crippen molar-refractivity contribution in [2.45, 2.75) is 37.8 Å². The predicted molar refractivity (Wildman–Crippen MR) is 110 cm³/mol. The van der Waals surface area contributed by atoms with Crippen molar-refractivity contribution in [1.82, 2.24) is 29.5 Å². The third-order valence-corrected chi connectivity index (χ3v) is 6.21. The minimum atomic E-state index is -0.0733. The first kappa shape index (κ1) is 18.2. The molecule has 0 radical (unpaired) electrons. The summed E-state index contributed by atoms with van der Waals surface area (Å²) in [5.41, 5.74) is 2.23. The van der Waals surface area contributed by atoms with Crippen LogP contribution in [0.4, 0.5) is 0 Å². The summed E-state index contributed by atoms with van der Waals surface area (Å²) < 4.78 is 3.78. The lowest BCUT2D eigenvalue weighted by atomic mass is 10.0. The zero-order valence-corrected chi connectivity index (χ0v) is 16.4. The van der Waals surface area contributed by atoms with Gasteiger partial charge in [-0.3, -0.25) is 14.0 Å². The van der Waals surface area contributed by atoms with E-state index in [4.69, 9.17) is 0 Å². The third-order valence-electron chi connectivity index (χ3n) is 6.21. The fraction of sp³-hybridized carbons (Fsp3) is 0.476. The smallest absolute Gasteiger partial charge is 0.326 e. The molecule has 152 valence electrons. The Balaban J connectivity index is 1.27. The molecule has 8 heteroatoms. The van der Waals surface area contributed by atoms with E-state index in [-0.39, 0.29) is 17.6 Å². The van der Waals surface area contributed by atoms with Crippen molar-refractivity contribution in [2.24, 2.45) is 0 Å². The summed E-state index contributed by atoms with van der Waals surface area (Å²) in [6.07, 6.45) is 5.67. The van der Waals surface area contributed by atoms with Gasteiger partial charge in [-0.25, -0.2) is 4.79 Å². The number of likely N-dealkylation sites (tertiary alicyclic amines) is 1. The Labute approximate surface area is 168 Å². The molecule has 1 aromatic carbocycles. The van der Waals surface area contributed by atoms with Gasteiger partial charge in [-0.2, -0.15) is 5.10 Å². The standard InChI is InChI=1S/C21H26N6O2/c28-20(18-9-13-26(24-18)16-4-3-10-22-14-16)25-11-7-15(8-12-25)27-19-6-2-1-5-17(19)23-21(27)29/h1-2,5-6,9,13,15-16,22H,3-4,7-8,10-12,14H2,(H,23,29). The van der Waals surface area contributed by atoms with E-state index in [2.05, 4.69) is 15.4 Å². The predicted octanol–water partition coefficient (Wildman–Crippen LogP) is 1.93. The molecule has 2 aliphatic rings. The summed E-state index contributed by atoms with van der Waals surface area (Å²) >= 11 is 0. The number of aromatic nitrogens is 4. The number of carbonyl (C=O) groups is 1. The van der Waals surface area contributed by atoms with Gasteiger partial charge in [-0.05, 0) is 50.4 Å². The lowest BCUT2D eigenvalue weighted by Crippen LogP contribution is -2.40. The van der Waals surface area contributed by atoms with Crippen molar-refractivity contribution in [3.8, 4) is 0 Å². The number of hydrogen-bond donors (Lipinski definition) is 2. The van der Waals surface area contributed by atoms with E-state index in [0.29, 0.717) is 24.8 Å². The van der Waals surface area contributed by atoms with Crippen molar-refractivity contribution in [3.05, 3.63) is 52.7 Å². The number of H-pyrrole nitrogens is 1. The summed E-state index contributed by atoms with van der Waals surface area (Å²) in [5.74, 6) is -0.0164. The lowest BCUT2D eigenvalue weighted by Gasteiger charge is -2.32. The Morgan fingerprint density at radius 3 is 2.69 bits per heavy atom. The molecule has 1 amide bonds. The molecular weight excluding hydrogens is 368 g/mol. The Morgan fingerprint density at radius 1 is 1.07 bits per heavy atom. The van der Waals surface area contributed by atoms with Crippen LogP contribution in [-0.2, 0) is 0 Å². The van der Waals surface area contributed by atoms with E-state index < -0.39 is 0 Å². The van der Waals surface area contributed by atoms with Crippen LogP contribution in [0.2, 0.25) is 0 Å². The Hall–Kier alpha value is -2.87. The minimum Gasteiger partial charge on any atom is -0.337 e. The minimum absolute atomic E-state index is 0.0164. The van der Waals surface area contributed by atoms with Gasteiger partial charge in [0.05, 0.1) is 17.1 Å².